The number of hydrogen-bond acceptors (Lipinski definition) is 0. The van der Waals surface area contributed by atoms with Gasteiger partial charge in [0.1, 0.15) is 0 Å². The number of hydrogen-bond donors (Lipinski definition) is 0. The van der Waals surface area contributed by atoms with Crippen LogP contribution in [0.25, 0.3) is 0 Å². The standard InChI is InChI=1S/C9H12/c1-9(2)7-4-3-5-8(9)6-7/h7-8H,4,6H2,1-2H3. The third-order valence-corrected chi connectivity index (χ3v) is 3.10. The van der Waals surface area contributed by atoms with Gasteiger partial charge in [-0.05, 0) is 17.8 Å². The van der Waals surface area contributed by atoms with Crippen molar-refractivity contribution < 1.29 is 0 Å². The van der Waals surface area contributed by atoms with Crippen molar-refractivity contribution in [3.05, 3.63) is 0 Å². The van der Waals surface area contributed by atoms with Gasteiger partial charge in [-0.3, -0.25) is 0 Å². The van der Waals surface area contributed by atoms with Crippen molar-refractivity contribution in [2.75, 3.05) is 0 Å². The first kappa shape index (κ1) is 5.35. The van der Waals surface area contributed by atoms with Crippen LogP contribution in [0.3, 0.4) is 0 Å². The smallest absolute Gasteiger partial charge is 0.0260 e. The summed E-state index contributed by atoms with van der Waals surface area (Å²) in [6, 6.07) is 0. The number of fused-ring (bicyclic) bond motifs is 1. The molecular weight excluding hydrogens is 108 g/mol. The summed E-state index contributed by atoms with van der Waals surface area (Å²) in [6.07, 6.45) is 2.53. The summed E-state index contributed by atoms with van der Waals surface area (Å²) < 4.78 is 0. The first-order valence-electron chi connectivity index (χ1n) is 3.69. The zero-order valence-corrected chi connectivity index (χ0v) is 6.07. The van der Waals surface area contributed by atoms with Gasteiger partial charge in [-0.2, -0.15) is 0 Å². The van der Waals surface area contributed by atoms with Gasteiger partial charge in [-0.25, -0.2) is 0 Å². The second-order valence-corrected chi connectivity index (χ2v) is 3.83. The van der Waals surface area contributed by atoms with E-state index in [0.717, 1.165) is 18.3 Å². The van der Waals surface area contributed by atoms with Gasteiger partial charge in [0.05, 0.1) is 0 Å². The highest BCUT2D eigenvalue weighted by Gasteiger charge is 2.48. The minimum absolute atomic E-state index is 0.561. The van der Waals surface area contributed by atoms with Gasteiger partial charge in [0, 0.05) is 12.3 Å². The fraction of sp³-hybridized carbons (Fsp3) is 0.778. The largest absolute Gasteiger partial charge is 0.103 e. The van der Waals surface area contributed by atoms with Crippen molar-refractivity contribution in [2.45, 2.75) is 26.7 Å². The van der Waals surface area contributed by atoms with E-state index in [0.29, 0.717) is 5.41 Å². The minimum Gasteiger partial charge on any atom is -0.103 e. The first-order chi connectivity index (χ1) is 4.21. The van der Waals surface area contributed by atoms with Gasteiger partial charge in [0.25, 0.3) is 0 Å². The Labute approximate surface area is 56.6 Å². The maximum absolute atomic E-state index is 3.29. The molecule has 0 spiro atoms. The molecule has 0 aromatic carbocycles. The quantitative estimate of drug-likeness (QED) is 0.429. The highest BCUT2D eigenvalue weighted by atomic mass is 14.5. The van der Waals surface area contributed by atoms with E-state index in [1.807, 2.05) is 0 Å². The molecule has 0 aromatic heterocycles. The number of rotatable bonds is 0. The molecule has 3 rings (SSSR count). The molecule has 0 saturated heterocycles. The molecule has 0 aromatic rings. The van der Waals surface area contributed by atoms with Crippen LogP contribution < -0.4 is 0 Å². The molecule has 0 radical (unpaired) electrons. The van der Waals surface area contributed by atoms with E-state index in [1.165, 1.54) is 6.42 Å². The van der Waals surface area contributed by atoms with Gasteiger partial charge in [0.2, 0.25) is 0 Å². The Morgan fingerprint density at radius 3 is 2.44 bits per heavy atom. The molecule has 0 heteroatoms. The van der Waals surface area contributed by atoms with Crippen LogP contribution in [0.4, 0.5) is 0 Å². The molecule has 2 unspecified atom stereocenters. The van der Waals surface area contributed by atoms with Gasteiger partial charge in [-0.15, -0.1) is 5.92 Å². The Hall–Kier alpha value is -0.440. The van der Waals surface area contributed by atoms with E-state index in [-0.39, 0.29) is 0 Å². The van der Waals surface area contributed by atoms with E-state index in [1.54, 1.807) is 0 Å². The lowest BCUT2D eigenvalue weighted by molar-refractivity contribution is 0.0149. The van der Waals surface area contributed by atoms with E-state index < -0.39 is 0 Å². The average Bonchev–Trinajstić information content (AvgIpc) is 1.89. The summed E-state index contributed by atoms with van der Waals surface area (Å²) in [5, 5.41) is 0. The molecule has 0 nitrogen and oxygen atoms in total. The molecule has 0 aliphatic heterocycles. The Morgan fingerprint density at radius 1 is 1.44 bits per heavy atom. The Balaban J connectivity index is 2.31. The molecule has 2 bridgehead atoms. The third-order valence-electron chi connectivity index (χ3n) is 3.10. The lowest BCUT2D eigenvalue weighted by Crippen LogP contribution is -2.45. The molecule has 3 aliphatic rings. The molecule has 1 saturated carbocycles. The molecule has 2 atom stereocenters. The molecule has 0 amide bonds. The zero-order valence-electron chi connectivity index (χ0n) is 6.07. The van der Waals surface area contributed by atoms with Crippen LogP contribution in [-0.2, 0) is 0 Å². The summed E-state index contributed by atoms with van der Waals surface area (Å²) in [6.45, 7) is 4.69. The van der Waals surface area contributed by atoms with Crippen LogP contribution >= 0.6 is 0 Å². The van der Waals surface area contributed by atoms with Crippen molar-refractivity contribution in [1.29, 1.82) is 0 Å². The summed E-state index contributed by atoms with van der Waals surface area (Å²) in [5.74, 6) is 8.13. The van der Waals surface area contributed by atoms with Crippen LogP contribution in [0.15, 0.2) is 0 Å². The van der Waals surface area contributed by atoms with Crippen molar-refractivity contribution >= 4 is 0 Å². The highest BCUT2D eigenvalue weighted by Crippen LogP contribution is 2.54. The summed E-state index contributed by atoms with van der Waals surface area (Å²) in [7, 11) is 0. The molecule has 48 valence electrons. The topological polar surface area (TPSA) is 0 Å². The SMILES string of the molecule is CC1(C)C2C#CCC1C2. The minimum atomic E-state index is 0.561. The predicted octanol–water partition coefficient (Wildman–Crippen LogP) is 2.06. The van der Waals surface area contributed by atoms with Gasteiger partial charge in [0.15, 0.2) is 0 Å². The van der Waals surface area contributed by atoms with Gasteiger partial charge < -0.3 is 0 Å². The van der Waals surface area contributed by atoms with Crippen LogP contribution in [-0.4, -0.2) is 0 Å². The fourth-order valence-electron chi connectivity index (χ4n) is 1.91. The fourth-order valence-corrected chi connectivity index (χ4v) is 1.91. The Morgan fingerprint density at radius 2 is 2.22 bits per heavy atom. The van der Waals surface area contributed by atoms with Crippen molar-refractivity contribution in [3.8, 4) is 11.8 Å². The Kier molecular flexibility index (Phi) is 0.799. The van der Waals surface area contributed by atoms with Crippen molar-refractivity contribution in [2.24, 2.45) is 17.3 Å². The van der Waals surface area contributed by atoms with E-state index in [2.05, 4.69) is 25.7 Å². The predicted molar refractivity (Wildman–Crippen MR) is 37.8 cm³/mol. The van der Waals surface area contributed by atoms with Gasteiger partial charge >= 0.3 is 0 Å². The van der Waals surface area contributed by atoms with E-state index in [4.69, 9.17) is 0 Å². The highest BCUT2D eigenvalue weighted by molar-refractivity contribution is 5.21. The summed E-state index contributed by atoms with van der Waals surface area (Å²) >= 11 is 0. The van der Waals surface area contributed by atoms with Crippen molar-refractivity contribution in [3.63, 3.8) is 0 Å². The lowest BCUT2D eigenvalue weighted by Gasteiger charge is -2.51. The summed E-state index contributed by atoms with van der Waals surface area (Å²) in [5.41, 5.74) is 0.561. The lowest BCUT2D eigenvalue weighted by atomic mass is 9.52. The molecule has 9 heavy (non-hydrogen) atoms. The maximum atomic E-state index is 3.29. The maximum Gasteiger partial charge on any atom is 0.0260 e. The Bertz CT molecular complexity index is 190. The van der Waals surface area contributed by atoms with Crippen molar-refractivity contribution in [1.82, 2.24) is 0 Å². The normalized spacial score (nSPS) is 42.4. The van der Waals surface area contributed by atoms with Crippen LogP contribution in [0.5, 0.6) is 0 Å². The van der Waals surface area contributed by atoms with Gasteiger partial charge in [-0.1, -0.05) is 19.8 Å². The molecule has 0 heterocycles. The van der Waals surface area contributed by atoms with E-state index in [9.17, 15) is 0 Å². The van der Waals surface area contributed by atoms with E-state index >= 15 is 0 Å². The first-order valence-corrected chi connectivity index (χ1v) is 3.69. The third kappa shape index (κ3) is 0.503. The van der Waals surface area contributed by atoms with Crippen LogP contribution in [0.1, 0.15) is 26.7 Å². The molecule has 1 fully saturated rings. The van der Waals surface area contributed by atoms with Crippen LogP contribution in [0, 0.1) is 29.1 Å². The molecule has 0 N–H and O–H groups in total. The average molecular weight is 120 g/mol. The molecular formula is C9H12. The monoisotopic (exact) mass is 120 g/mol. The molecule has 3 aliphatic carbocycles. The summed E-state index contributed by atoms with van der Waals surface area (Å²) in [4.78, 5) is 0. The second kappa shape index (κ2) is 1.34. The van der Waals surface area contributed by atoms with Crippen LogP contribution in [0.2, 0.25) is 0 Å². The zero-order chi connectivity index (χ0) is 6.48. The second-order valence-electron chi connectivity index (χ2n) is 3.83.